The third-order valence-corrected chi connectivity index (χ3v) is 4.64. The van der Waals surface area contributed by atoms with Gasteiger partial charge < -0.3 is 18.6 Å². The van der Waals surface area contributed by atoms with Crippen LogP contribution in [0.2, 0.25) is 0 Å². The van der Waals surface area contributed by atoms with Crippen molar-refractivity contribution in [1.29, 1.82) is 0 Å². The third kappa shape index (κ3) is 2.37. The lowest BCUT2D eigenvalue weighted by Crippen LogP contribution is -2.12. The molecule has 0 spiro atoms. The predicted molar refractivity (Wildman–Crippen MR) is 82.8 cm³/mol. The van der Waals surface area contributed by atoms with Gasteiger partial charge in [0.25, 0.3) is 0 Å². The van der Waals surface area contributed by atoms with Gasteiger partial charge in [-0.1, -0.05) is 0 Å². The minimum atomic E-state index is -0.408. The van der Waals surface area contributed by atoms with Gasteiger partial charge >= 0.3 is 5.97 Å². The van der Waals surface area contributed by atoms with Gasteiger partial charge in [-0.25, -0.2) is 9.78 Å². The smallest absolute Gasteiger partial charge is 0.343 e. The van der Waals surface area contributed by atoms with E-state index in [0.717, 1.165) is 24.6 Å². The van der Waals surface area contributed by atoms with Gasteiger partial charge in [0, 0.05) is 24.4 Å². The number of aromatic nitrogens is 2. The molecule has 2 aromatic rings. The van der Waals surface area contributed by atoms with Crippen molar-refractivity contribution in [3.63, 3.8) is 0 Å². The van der Waals surface area contributed by atoms with Crippen molar-refractivity contribution >= 4 is 11.6 Å². The van der Waals surface area contributed by atoms with Crippen LogP contribution in [0.15, 0.2) is 18.5 Å². The zero-order chi connectivity index (χ0) is 16.1. The van der Waals surface area contributed by atoms with Crippen LogP contribution in [0.5, 0.6) is 5.75 Å². The molecule has 2 aromatic heterocycles. The summed E-state index contributed by atoms with van der Waals surface area (Å²) in [7, 11) is 1.37. The largest absolute Gasteiger partial charge is 0.490 e. The molecule has 1 aliphatic carbocycles. The van der Waals surface area contributed by atoms with E-state index < -0.39 is 5.97 Å². The number of carbonyl (C=O) groups is 1. The van der Waals surface area contributed by atoms with E-state index in [2.05, 4.69) is 0 Å². The van der Waals surface area contributed by atoms with Crippen molar-refractivity contribution < 1.29 is 19.0 Å². The van der Waals surface area contributed by atoms with E-state index in [9.17, 15) is 4.79 Å². The molecule has 1 saturated carbocycles. The number of pyridine rings is 1. The molecule has 0 bridgehead atoms. The number of carbonyl (C=O) groups excluding carboxylic acids is 1. The summed E-state index contributed by atoms with van der Waals surface area (Å²) in [5.41, 5.74) is 2.27. The maximum Gasteiger partial charge on any atom is 0.343 e. The third-order valence-electron chi connectivity index (χ3n) is 4.64. The van der Waals surface area contributed by atoms with Gasteiger partial charge in [-0.3, -0.25) is 0 Å². The van der Waals surface area contributed by atoms with Crippen LogP contribution >= 0.6 is 0 Å². The average Bonchev–Trinajstić information content (AvgIpc) is 2.89. The van der Waals surface area contributed by atoms with Gasteiger partial charge in [0.15, 0.2) is 0 Å². The Balaban J connectivity index is 1.74. The SMILES string of the molecule is COC(=O)c1cn2cc(C3C4COCC43)nc2cc1OC(C)C. The Labute approximate surface area is 134 Å². The van der Waals surface area contributed by atoms with Gasteiger partial charge in [0.05, 0.1) is 32.1 Å². The van der Waals surface area contributed by atoms with Gasteiger partial charge in [0.1, 0.15) is 17.0 Å². The van der Waals surface area contributed by atoms with E-state index in [0.29, 0.717) is 29.1 Å². The normalized spacial score (nSPS) is 25.7. The van der Waals surface area contributed by atoms with E-state index in [1.807, 2.05) is 30.5 Å². The topological polar surface area (TPSA) is 62.1 Å². The quantitative estimate of drug-likeness (QED) is 0.810. The molecule has 6 heteroatoms. The minimum Gasteiger partial charge on any atom is -0.490 e. The molecule has 0 amide bonds. The summed E-state index contributed by atoms with van der Waals surface area (Å²) in [6.07, 6.45) is 3.71. The molecule has 0 N–H and O–H groups in total. The first kappa shape index (κ1) is 14.5. The van der Waals surface area contributed by atoms with Crippen LogP contribution < -0.4 is 4.74 Å². The predicted octanol–water partition coefficient (Wildman–Crippen LogP) is 2.27. The van der Waals surface area contributed by atoms with Gasteiger partial charge in [-0.2, -0.15) is 0 Å². The van der Waals surface area contributed by atoms with Crippen molar-refractivity contribution in [2.75, 3.05) is 20.3 Å². The Morgan fingerprint density at radius 3 is 2.74 bits per heavy atom. The van der Waals surface area contributed by atoms with E-state index in [4.69, 9.17) is 19.2 Å². The van der Waals surface area contributed by atoms with Crippen LogP contribution in [0.1, 0.15) is 35.8 Å². The molecule has 1 aliphatic heterocycles. The number of rotatable bonds is 4. The first-order chi connectivity index (χ1) is 11.1. The lowest BCUT2D eigenvalue weighted by atomic mass is 10.2. The number of fused-ring (bicyclic) bond motifs is 2. The first-order valence-corrected chi connectivity index (χ1v) is 7.94. The number of esters is 1. The number of ether oxygens (including phenoxy) is 3. The summed E-state index contributed by atoms with van der Waals surface area (Å²) < 4.78 is 18.0. The second-order valence-electron chi connectivity index (χ2n) is 6.53. The molecular formula is C17H20N2O4. The molecule has 2 fully saturated rings. The summed E-state index contributed by atoms with van der Waals surface area (Å²) in [5.74, 6) is 1.79. The highest BCUT2D eigenvalue weighted by Crippen LogP contribution is 2.57. The van der Waals surface area contributed by atoms with Gasteiger partial charge in [-0.15, -0.1) is 0 Å². The molecule has 0 radical (unpaired) electrons. The molecule has 1 saturated heterocycles. The molecule has 23 heavy (non-hydrogen) atoms. The lowest BCUT2D eigenvalue weighted by Gasteiger charge is -2.13. The zero-order valence-corrected chi connectivity index (χ0v) is 13.5. The minimum absolute atomic E-state index is 0.0322. The number of hydrogen-bond donors (Lipinski definition) is 0. The maximum absolute atomic E-state index is 12.0. The number of nitrogens with zero attached hydrogens (tertiary/aromatic N) is 2. The Morgan fingerprint density at radius 2 is 2.09 bits per heavy atom. The fourth-order valence-electron chi connectivity index (χ4n) is 3.49. The average molecular weight is 316 g/mol. The van der Waals surface area contributed by atoms with Crippen molar-refractivity contribution in [3.8, 4) is 5.75 Å². The van der Waals surface area contributed by atoms with Gasteiger partial charge in [-0.05, 0) is 25.7 Å². The summed E-state index contributed by atoms with van der Waals surface area (Å²) in [6, 6.07) is 1.81. The molecule has 2 atom stereocenters. The maximum atomic E-state index is 12.0. The molecule has 6 nitrogen and oxygen atoms in total. The summed E-state index contributed by atoms with van der Waals surface area (Å²) >= 11 is 0. The van der Waals surface area contributed by atoms with E-state index in [-0.39, 0.29) is 6.10 Å². The van der Waals surface area contributed by atoms with Crippen molar-refractivity contribution in [3.05, 3.63) is 29.7 Å². The summed E-state index contributed by atoms with van der Waals surface area (Å²) in [4.78, 5) is 16.7. The molecule has 2 aliphatic rings. The van der Waals surface area contributed by atoms with Crippen molar-refractivity contribution in [2.45, 2.75) is 25.9 Å². The van der Waals surface area contributed by atoms with Crippen LogP contribution in [-0.4, -0.2) is 41.8 Å². The second kappa shape index (κ2) is 5.23. The molecule has 3 heterocycles. The summed E-state index contributed by atoms with van der Waals surface area (Å²) in [6.45, 7) is 5.51. The fourth-order valence-corrected chi connectivity index (χ4v) is 3.49. The monoisotopic (exact) mass is 316 g/mol. The molecule has 122 valence electrons. The molecule has 2 unspecified atom stereocenters. The zero-order valence-electron chi connectivity index (χ0n) is 13.5. The lowest BCUT2D eigenvalue weighted by molar-refractivity contribution is 0.0593. The molecule has 0 aromatic carbocycles. The first-order valence-electron chi connectivity index (χ1n) is 7.94. The second-order valence-corrected chi connectivity index (χ2v) is 6.53. The van der Waals surface area contributed by atoms with E-state index in [1.54, 1.807) is 6.20 Å². The van der Waals surface area contributed by atoms with Crippen molar-refractivity contribution in [2.24, 2.45) is 11.8 Å². The standard InChI is InChI=1S/C17H20N2O4/c1-9(2)23-14-4-15-18-13(16-11-7-22-8-12(11)16)6-19(15)5-10(14)17(20)21-3/h4-6,9,11-12,16H,7-8H2,1-3H3. The molecule has 4 rings (SSSR count). The Bertz CT molecular complexity index is 757. The number of imidazole rings is 1. The highest BCUT2D eigenvalue weighted by Gasteiger charge is 2.55. The highest BCUT2D eigenvalue weighted by atomic mass is 16.5. The van der Waals surface area contributed by atoms with Crippen LogP contribution in [0, 0.1) is 11.8 Å². The van der Waals surface area contributed by atoms with Crippen LogP contribution in [0.4, 0.5) is 0 Å². The number of hydrogen-bond acceptors (Lipinski definition) is 5. The Hall–Kier alpha value is -2.08. The van der Waals surface area contributed by atoms with E-state index in [1.165, 1.54) is 7.11 Å². The highest BCUT2D eigenvalue weighted by molar-refractivity contribution is 5.92. The fraction of sp³-hybridized carbons (Fsp3) is 0.529. The summed E-state index contributed by atoms with van der Waals surface area (Å²) in [5, 5.41) is 0. The van der Waals surface area contributed by atoms with Crippen LogP contribution in [0.25, 0.3) is 5.65 Å². The van der Waals surface area contributed by atoms with E-state index >= 15 is 0 Å². The molecular weight excluding hydrogens is 296 g/mol. The Morgan fingerprint density at radius 1 is 1.35 bits per heavy atom. The number of methoxy groups -OCH3 is 1. The van der Waals surface area contributed by atoms with Crippen LogP contribution in [0.3, 0.4) is 0 Å². The van der Waals surface area contributed by atoms with Gasteiger partial charge in [0.2, 0.25) is 0 Å². The Kier molecular flexibility index (Phi) is 3.30. The van der Waals surface area contributed by atoms with Crippen molar-refractivity contribution in [1.82, 2.24) is 9.38 Å². The van der Waals surface area contributed by atoms with Crippen LogP contribution in [-0.2, 0) is 9.47 Å².